The standard InChI is InChI=1S/C10H11F2NO3S/c11-6-2-1-3-7(10(6)12)13-8-4-17(15,16)5-9(8)14/h1-3,8-9,13-14H,4-5H2. The van der Waals surface area contributed by atoms with E-state index >= 15 is 0 Å². The van der Waals surface area contributed by atoms with Gasteiger partial charge in [0, 0.05) is 0 Å². The van der Waals surface area contributed by atoms with Gasteiger partial charge in [-0.15, -0.1) is 0 Å². The predicted octanol–water partition coefficient (Wildman–Crippen LogP) is 0.535. The molecular weight excluding hydrogens is 252 g/mol. The molecule has 94 valence electrons. The summed E-state index contributed by atoms with van der Waals surface area (Å²) >= 11 is 0. The molecule has 1 saturated heterocycles. The van der Waals surface area contributed by atoms with Gasteiger partial charge in [-0.2, -0.15) is 0 Å². The van der Waals surface area contributed by atoms with Crippen LogP contribution in [-0.2, 0) is 9.84 Å². The highest BCUT2D eigenvalue weighted by atomic mass is 32.2. The van der Waals surface area contributed by atoms with Crippen LogP contribution in [0.1, 0.15) is 0 Å². The Kier molecular flexibility index (Phi) is 3.05. The normalized spacial score (nSPS) is 27.0. The van der Waals surface area contributed by atoms with Crippen LogP contribution >= 0.6 is 0 Å². The second-order valence-corrected chi connectivity index (χ2v) is 6.15. The number of aliphatic hydroxyl groups is 1. The van der Waals surface area contributed by atoms with Gasteiger partial charge < -0.3 is 10.4 Å². The second-order valence-electron chi connectivity index (χ2n) is 4.00. The lowest BCUT2D eigenvalue weighted by Gasteiger charge is -2.16. The van der Waals surface area contributed by atoms with Gasteiger partial charge in [0.25, 0.3) is 0 Å². The maximum Gasteiger partial charge on any atom is 0.181 e. The summed E-state index contributed by atoms with van der Waals surface area (Å²) in [5, 5.41) is 12.0. The fourth-order valence-electron chi connectivity index (χ4n) is 1.78. The number of benzene rings is 1. The molecule has 0 aliphatic carbocycles. The molecule has 1 aliphatic heterocycles. The molecule has 0 radical (unpaired) electrons. The first-order valence-electron chi connectivity index (χ1n) is 4.98. The van der Waals surface area contributed by atoms with E-state index in [1.165, 1.54) is 12.1 Å². The van der Waals surface area contributed by atoms with E-state index in [4.69, 9.17) is 0 Å². The van der Waals surface area contributed by atoms with E-state index in [0.29, 0.717) is 0 Å². The molecule has 0 bridgehead atoms. The van der Waals surface area contributed by atoms with Crippen LogP contribution in [0.25, 0.3) is 0 Å². The Morgan fingerprint density at radius 3 is 2.59 bits per heavy atom. The summed E-state index contributed by atoms with van der Waals surface area (Å²) in [4.78, 5) is 0. The van der Waals surface area contributed by atoms with Crippen molar-refractivity contribution in [3.05, 3.63) is 29.8 Å². The lowest BCUT2D eigenvalue weighted by atomic mass is 10.2. The van der Waals surface area contributed by atoms with Gasteiger partial charge in [0.2, 0.25) is 0 Å². The van der Waals surface area contributed by atoms with E-state index in [9.17, 15) is 22.3 Å². The van der Waals surface area contributed by atoms with E-state index in [-0.39, 0.29) is 17.2 Å². The van der Waals surface area contributed by atoms with Crippen molar-refractivity contribution < 1.29 is 22.3 Å². The Bertz CT molecular complexity index is 532. The number of sulfone groups is 1. The quantitative estimate of drug-likeness (QED) is 0.817. The maximum atomic E-state index is 13.3. The molecule has 17 heavy (non-hydrogen) atoms. The van der Waals surface area contributed by atoms with Crippen LogP contribution in [0.3, 0.4) is 0 Å². The summed E-state index contributed by atoms with van der Waals surface area (Å²) in [7, 11) is -3.32. The van der Waals surface area contributed by atoms with Crippen LogP contribution < -0.4 is 5.32 Å². The summed E-state index contributed by atoms with van der Waals surface area (Å²) in [6.07, 6.45) is -1.11. The highest BCUT2D eigenvalue weighted by Gasteiger charge is 2.36. The number of hydrogen-bond acceptors (Lipinski definition) is 4. The molecule has 0 saturated carbocycles. The summed E-state index contributed by atoms with van der Waals surface area (Å²) in [5.74, 6) is -2.75. The van der Waals surface area contributed by atoms with E-state index in [1.807, 2.05) is 0 Å². The zero-order chi connectivity index (χ0) is 12.6. The SMILES string of the molecule is O=S1(=O)CC(O)C(Nc2cccc(F)c2F)C1. The minimum Gasteiger partial charge on any atom is -0.390 e. The molecule has 1 aliphatic rings. The fraction of sp³-hybridized carbons (Fsp3) is 0.400. The van der Waals surface area contributed by atoms with E-state index < -0.39 is 33.6 Å². The van der Waals surface area contributed by atoms with Crippen LogP contribution in [-0.4, -0.2) is 37.2 Å². The van der Waals surface area contributed by atoms with Gasteiger partial charge in [0.15, 0.2) is 21.5 Å². The minimum atomic E-state index is -3.32. The highest BCUT2D eigenvalue weighted by Crippen LogP contribution is 2.21. The van der Waals surface area contributed by atoms with Crippen molar-refractivity contribution in [2.45, 2.75) is 12.1 Å². The lowest BCUT2D eigenvalue weighted by molar-refractivity contribution is 0.190. The van der Waals surface area contributed by atoms with Crippen LogP contribution in [0.2, 0.25) is 0 Å². The molecule has 2 rings (SSSR count). The van der Waals surface area contributed by atoms with Gasteiger partial charge >= 0.3 is 0 Å². The first-order chi connectivity index (χ1) is 7.89. The van der Waals surface area contributed by atoms with Gasteiger partial charge in [-0.05, 0) is 12.1 Å². The zero-order valence-corrected chi connectivity index (χ0v) is 9.55. The maximum absolute atomic E-state index is 13.3. The molecule has 1 heterocycles. The van der Waals surface area contributed by atoms with Gasteiger partial charge in [0.05, 0.1) is 29.3 Å². The van der Waals surface area contributed by atoms with Crippen LogP contribution in [0.5, 0.6) is 0 Å². The third kappa shape index (κ3) is 2.55. The molecule has 2 atom stereocenters. The van der Waals surface area contributed by atoms with Crippen molar-refractivity contribution in [1.82, 2.24) is 0 Å². The fourth-order valence-corrected chi connectivity index (χ4v) is 3.52. The van der Waals surface area contributed by atoms with Gasteiger partial charge in [-0.25, -0.2) is 17.2 Å². The third-order valence-electron chi connectivity index (χ3n) is 2.62. The van der Waals surface area contributed by atoms with E-state index in [2.05, 4.69) is 5.32 Å². The smallest absolute Gasteiger partial charge is 0.181 e. The number of hydrogen-bond donors (Lipinski definition) is 2. The Morgan fingerprint density at radius 2 is 2.00 bits per heavy atom. The summed E-state index contributed by atoms with van der Waals surface area (Å²) in [6, 6.07) is 2.74. The van der Waals surface area contributed by atoms with Crippen molar-refractivity contribution in [2.75, 3.05) is 16.8 Å². The minimum absolute atomic E-state index is 0.147. The number of anilines is 1. The first kappa shape index (κ1) is 12.3. The Morgan fingerprint density at radius 1 is 1.29 bits per heavy atom. The molecule has 0 aromatic heterocycles. The topological polar surface area (TPSA) is 66.4 Å². The number of rotatable bonds is 2. The average molecular weight is 263 g/mol. The Labute approximate surface area is 97.2 Å². The van der Waals surface area contributed by atoms with E-state index in [0.717, 1.165) is 6.07 Å². The molecule has 1 aromatic carbocycles. The number of aliphatic hydroxyl groups excluding tert-OH is 1. The first-order valence-corrected chi connectivity index (χ1v) is 6.80. The van der Waals surface area contributed by atoms with Crippen molar-refractivity contribution in [3.63, 3.8) is 0 Å². The molecular formula is C10H11F2NO3S. The highest BCUT2D eigenvalue weighted by molar-refractivity contribution is 7.91. The van der Waals surface area contributed by atoms with Gasteiger partial charge in [-0.3, -0.25) is 0 Å². The van der Waals surface area contributed by atoms with Crippen LogP contribution in [0.15, 0.2) is 18.2 Å². The molecule has 0 spiro atoms. The van der Waals surface area contributed by atoms with Crippen LogP contribution in [0.4, 0.5) is 14.5 Å². The molecule has 7 heteroatoms. The van der Waals surface area contributed by atoms with Gasteiger partial charge in [-0.1, -0.05) is 6.07 Å². The van der Waals surface area contributed by atoms with Crippen molar-refractivity contribution >= 4 is 15.5 Å². The summed E-state index contributed by atoms with van der Waals surface area (Å²) in [5.41, 5.74) is -0.147. The molecule has 1 aromatic rings. The molecule has 2 unspecified atom stereocenters. The van der Waals surface area contributed by atoms with Gasteiger partial charge in [0.1, 0.15) is 0 Å². The Balaban J connectivity index is 2.20. The van der Waals surface area contributed by atoms with E-state index in [1.54, 1.807) is 0 Å². The van der Waals surface area contributed by atoms with Crippen LogP contribution in [0, 0.1) is 11.6 Å². The van der Waals surface area contributed by atoms with Crippen molar-refractivity contribution in [3.8, 4) is 0 Å². The molecule has 0 amide bonds. The van der Waals surface area contributed by atoms with Crippen molar-refractivity contribution in [2.24, 2.45) is 0 Å². The van der Waals surface area contributed by atoms with Crippen molar-refractivity contribution in [1.29, 1.82) is 0 Å². The molecule has 2 N–H and O–H groups in total. The largest absolute Gasteiger partial charge is 0.390 e. The zero-order valence-electron chi connectivity index (χ0n) is 8.73. The second kappa shape index (κ2) is 4.23. The lowest BCUT2D eigenvalue weighted by Crippen LogP contribution is -2.32. The average Bonchev–Trinajstić information content (AvgIpc) is 2.47. The third-order valence-corrected chi connectivity index (χ3v) is 4.33. The summed E-state index contributed by atoms with van der Waals surface area (Å²) in [6.45, 7) is 0. The molecule has 4 nitrogen and oxygen atoms in total. The number of halogens is 2. The summed E-state index contributed by atoms with van der Waals surface area (Å²) < 4.78 is 48.7. The predicted molar refractivity (Wildman–Crippen MR) is 58.4 cm³/mol. The Hall–Kier alpha value is -1.21. The molecule has 1 fully saturated rings. The number of nitrogens with one attached hydrogen (secondary N) is 1. The monoisotopic (exact) mass is 263 g/mol.